The van der Waals surface area contributed by atoms with Gasteiger partial charge < -0.3 is 0 Å². The molecule has 1 aromatic rings. The summed E-state index contributed by atoms with van der Waals surface area (Å²) in [7, 11) is 3.27. The summed E-state index contributed by atoms with van der Waals surface area (Å²) in [5.74, 6) is 0.182. The Bertz CT molecular complexity index is 450. The SMILES string of the molecule is CCNC(=O)c1ccc(OC(=O)NB=NP)cc1. The van der Waals surface area contributed by atoms with Crippen molar-refractivity contribution in [2.75, 3.05) is 6.54 Å². The van der Waals surface area contributed by atoms with Gasteiger partial charge in [-0.15, -0.1) is 0 Å². The Labute approximate surface area is 108 Å². The molecule has 0 radical (unpaired) electrons. The first-order valence-corrected chi connectivity index (χ1v) is 5.77. The number of nitrogens with zero attached hydrogens (tertiary/aromatic N) is 1. The topological polar surface area (TPSA) is 79.8 Å². The van der Waals surface area contributed by atoms with Gasteiger partial charge in [0.25, 0.3) is 0 Å². The zero-order chi connectivity index (χ0) is 13.4. The molecule has 0 fully saturated rings. The molecule has 6 nitrogen and oxygen atoms in total. The summed E-state index contributed by atoms with van der Waals surface area (Å²) in [6.07, 6.45) is -0.646. The zero-order valence-corrected chi connectivity index (χ0v) is 11.0. The summed E-state index contributed by atoms with van der Waals surface area (Å²) in [5, 5.41) is 4.96. The van der Waals surface area contributed by atoms with Crippen LogP contribution in [-0.4, -0.2) is 25.8 Å². The fraction of sp³-hybridized carbons (Fsp3) is 0.200. The van der Waals surface area contributed by atoms with Gasteiger partial charge in [0.05, 0.1) is 0 Å². The number of hydrogen-bond acceptors (Lipinski definition) is 4. The van der Waals surface area contributed by atoms with E-state index in [0.29, 0.717) is 17.9 Å². The van der Waals surface area contributed by atoms with Crippen LogP contribution < -0.4 is 15.3 Å². The fourth-order valence-corrected chi connectivity index (χ4v) is 1.24. The quantitative estimate of drug-likeness (QED) is 0.632. The van der Waals surface area contributed by atoms with Crippen LogP contribution >= 0.6 is 9.39 Å². The van der Waals surface area contributed by atoms with Crippen LogP contribution in [0.5, 0.6) is 5.75 Å². The molecule has 0 aliphatic heterocycles. The second-order valence-electron chi connectivity index (χ2n) is 3.20. The minimum atomic E-state index is -0.646. The van der Waals surface area contributed by atoms with E-state index in [2.05, 4.69) is 24.6 Å². The van der Waals surface area contributed by atoms with Crippen molar-refractivity contribution >= 4 is 28.6 Å². The summed E-state index contributed by atoms with van der Waals surface area (Å²) in [4.78, 5) is 22.6. The van der Waals surface area contributed by atoms with Crippen LogP contribution in [-0.2, 0) is 0 Å². The molecule has 0 aliphatic rings. The number of hydrogen-bond donors (Lipinski definition) is 2. The third kappa shape index (κ3) is 4.63. The van der Waals surface area contributed by atoms with Gasteiger partial charge in [-0.2, -0.15) is 0 Å². The second kappa shape index (κ2) is 7.56. The molecule has 0 aliphatic carbocycles. The number of ether oxygens (including phenoxy) is 1. The second-order valence-corrected chi connectivity index (χ2v) is 3.49. The summed E-state index contributed by atoms with van der Waals surface area (Å²) < 4.78 is 8.43. The van der Waals surface area contributed by atoms with E-state index < -0.39 is 6.09 Å². The van der Waals surface area contributed by atoms with Crippen LogP contribution in [0.25, 0.3) is 0 Å². The van der Waals surface area contributed by atoms with Gasteiger partial charge >= 0.3 is 107 Å². The average Bonchev–Trinajstić information content (AvgIpc) is 2.37. The van der Waals surface area contributed by atoms with Gasteiger partial charge in [0.2, 0.25) is 0 Å². The monoisotopic (exact) mass is 265 g/mol. The Balaban J connectivity index is 2.60. The zero-order valence-electron chi connectivity index (χ0n) is 9.84. The van der Waals surface area contributed by atoms with Gasteiger partial charge in [0, 0.05) is 0 Å². The molecule has 0 saturated heterocycles. The summed E-state index contributed by atoms with van der Waals surface area (Å²) >= 11 is 0. The van der Waals surface area contributed by atoms with Gasteiger partial charge in [-0.25, -0.2) is 0 Å². The molecule has 1 unspecified atom stereocenters. The first kappa shape index (κ1) is 14.3. The number of carbonyl (C=O) groups is 2. The van der Waals surface area contributed by atoms with E-state index in [1.54, 1.807) is 24.3 Å². The Kier molecular flexibility index (Phi) is 6.01. The van der Waals surface area contributed by atoms with Crippen molar-refractivity contribution in [3.8, 4) is 5.75 Å². The molecular weight excluding hydrogens is 252 g/mol. The van der Waals surface area contributed by atoms with Crippen molar-refractivity contribution < 1.29 is 14.3 Å². The number of nitrogens with one attached hydrogen (secondary N) is 2. The molecule has 1 atom stereocenters. The van der Waals surface area contributed by atoms with E-state index in [0.717, 1.165) is 0 Å². The minimum absolute atomic E-state index is 0.163. The number of rotatable bonds is 4. The van der Waals surface area contributed by atoms with E-state index >= 15 is 0 Å². The predicted octanol–water partition coefficient (Wildman–Crippen LogP) is 1.12. The Morgan fingerprint density at radius 2 is 2.06 bits per heavy atom. The van der Waals surface area contributed by atoms with E-state index in [1.165, 1.54) is 7.21 Å². The molecule has 18 heavy (non-hydrogen) atoms. The third-order valence-electron chi connectivity index (χ3n) is 1.92. The van der Waals surface area contributed by atoms with Crippen molar-refractivity contribution in [2.24, 2.45) is 4.67 Å². The molecule has 0 bridgehead atoms. The Hall–Kier alpha value is -1.75. The average molecular weight is 265 g/mol. The van der Waals surface area contributed by atoms with Crippen LogP contribution in [0.1, 0.15) is 17.3 Å². The first-order chi connectivity index (χ1) is 8.67. The van der Waals surface area contributed by atoms with Crippen molar-refractivity contribution in [1.29, 1.82) is 0 Å². The van der Waals surface area contributed by atoms with Gasteiger partial charge in [0.15, 0.2) is 0 Å². The molecule has 2 N–H and O–H groups in total. The van der Waals surface area contributed by atoms with Crippen LogP contribution in [0.15, 0.2) is 28.9 Å². The van der Waals surface area contributed by atoms with Crippen LogP contribution in [0.4, 0.5) is 4.79 Å². The van der Waals surface area contributed by atoms with E-state index in [-0.39, 0.29) is 5.91 Å². The van der Waals surface area contributed by atoms with Crippen molar-refractivity contribution in [2.45, 2.75) is 6.92 Å². The maximum atomic E-state index is 11.5. The maximum absolute atomic E-state index is 11.5. The van der Waals surface area contributed by atoms with E-state index in [4.69, 9.17) is 4.74 Å². The molecular formula is C10H13BN3O3P. The van der Waals surface area contributed by atoms with E-state index in [9.17, 15) is 9.59 Å². The van der Waals surface area contributed by atoms with Gasteiger partial charge in [-0.3, -0.25) is 0 Å². The van der Waals surface area contributed by atoms with E-state index in [1.807, 2.05) is 6.92 Å². The normalized spacial score (nSPS) is 9.67. The number of amides is 2. The molecule has 0 aromatic heterocycles. The van der Waals surface area contributed by atoms with Crippen LogP contribution in [0.2, 0.25) is 0 Å². The number of benzene rings is 1. The number of carbonyl (C=O) groups excluding carboxylic acids is 2. The molecule has 0 heterocycles. The fourth-order valence-electron chi connectivity index (χ4n) is 1.16. The molecule has 8 heteroatoms. The van der Waals surface area contributed by atoms with Crippen molar-refractivity contribution in [3.63, 3.8) is 0 Å². The molecule has 1 aromatic carbocycles. The standard InChI is InChI=1S/C10H13BN3O3P/c1-2-12-9(15)7-3-5-8(6-4-7)17-10(16)13-11-14-18/h3-6H,2,18H2,1H3,(H,12,15)(H,13,16). The van der Waals surface area contributed by atoms with Crippen molar-refractivity contribution in [1.82, 2.24) is 10.5 Å². The first-order valence-electron chi connectivity index (χ1n) is 5.25. The van der Waals surface area contributed by atoms with Crippen LogP contribution in [0, 0.1) is 0 Å². The molecule has 2 amide bonds. The summed E-state index contributed by atoms with van der Waals surface area (Å²) in [5.41, 5.74) is 0.510. The Morgan fingerprint density at radius 1 is 1.39 bits per heavy atom. The summed E-state index contributed by atoms with van der Waals surface area (Å²) in [6.45, 7) is 2.40. The predicted molar refractivity (Wildman–Crippen MR) is 71.5 cm³/mol. The Morgan fingerprint density at radius 3 is 2.61 bits per heavy atom. The van der Waals surface area contributed by atoms with Crippen molar-refractivity contribution in [3.05, 3.63) is 29.8 Å². The van der Waals surface area contributed by atoms with Gasteiger partial charge in [-0.05, 0) is 0 Å². The third-order valence-corrected chi connectivity index (χ3v) is 2.07. The van der Waals surface area contributed by atoms with Gasteiger partial charge in [-0.1, -0.05) is 0 Å². The molecule has 0 saturated carbocycles. The summed E-state index contributed by atoms with van der Waals surface area (Å²) in [6, 6.07) is 6.25. The molecule has 94 valence electrons. The van der Waals surface area contributed by atoms with Gasteiger partial charge in [0.1, 0.15) is 0 Å². The molecule has 0 spiro atoms. The van der Waals surface area contributed by atoms with Crippen LogP contribution in [0.3, 0.4) is 0 Å². The molecule has 1 rings (SSSR count).